The summed E-state index contributed by atoms with van der Waals surface area (Å²) in [4.78, 5) is 14.8. The number of nitrogens with zero attached hydrogens (tertiary/aromatic N) is 1. The van der Waals surface area contributed by atoms with E-state index in [-0.39, 0.29) is 5.91 Å². The molecule has 1 amide bonds. The summed E-state index contributed by atoms with van der Waals surface area (Å²) in [5.74, 6) is -0.0849. The highest BCUT2D eigenvalue weighted by Crippen LogP contribution is 2.23. The largest absolute Gasteiger partial charge is 0.388 e. The number of thiol groups is 1. The first kappa shape index (κ1) is 15.4. The second-order valence-corrected chi connectivity index (χ2v) is 6.01. The fourth-order valence-corrected chi connectivity index (χ4v) is 2.67. The molecule has 1 aromatic carbocycles. The number of rotatable bonds is 3. The Kier molecular flexibility index (Phi) is 4.73. The van der Waals surface area contributed by atoms with Crippen molar-refractivity contribution in [1.29, 1.82) is 0 Å². The van der Waals surface area contributed by atoms with E-state index in [4.69, 9.17) is 4.74 Å². The molecule has 0 aliphatic carbocycles. The van der Waals surface area contributed by atoms with Crippen molar-refractivity contribution in [3.05, 3.63) is 29.3 Å². The van der Waals surface area contributed by atoms with E-state index in [9.17, 15) is 9.90 Å². The summed E-state index contributed by atoms with van der Waals surface area (Å²) in [6.45, 7) is 3.32. The molecule has 0 saturated carbocycles. The summed E-state index contributed by atoms with van der Waals surface area (Å²) in [6, 6.07) is 5.51. The molecule has 0 radical (unpaired) electrons. The van der Waals surface area contributed by atoms with Gasteiger partial charge in [-0.15, -0.1) is 12.6 Å². The van der Waals surface area contributed by atoms with Crippen LogP contribution in [0.1, 0.15) is 28.8 Å². The molecule has 0 atom stereocenters. The monoisotopic (exact) mass is 295 g/mol. The van der Waals surface area contributed by atoms with Crippen LogP contribution >= 0.6 is 12.6 Å². The lowest BCUT2D eigenvalue weighted by Crippen LogP contribution is -2.47. The first-order chi connectivity index (χ1) is 9.41. The van der Waals surface area contributed by atoms with Gasteiger partial charge in [-0.05, 0) is 24.6 Å². The van der Waals surface area contributed by atoms with E-state index >= 15 is 0 Å². The summed E-state index contributed by atoms with van der Waals surface area (Å²) in [7, 11) is 1.72. The van der Waals surface area contributed by atoms with Gasteiger partial charge in [0.1, 0.15) is 0 Å². The fraction of sp³-hybridized carbons (Fsp3) is 0.533. The summed E-state index contributed by atoms with van der Waals surface area (Å²) in [6.07, 6.45) is 1.13. The van der Waals surface area contributed by atoms with Crippen LogP contribution in [0.5, 0.6) is 0 Å². The Labute approximate surface area is 125 Å². The molecule has 1 fully saturated rings. The second-order valence-electron chi connectivity index (χ2n) is 5.50. The molecule has 5 heteroatoms. The Hall–Kier alpha value is -1.04. The summed E-state index contributed by atoms with van der Waals surface area (Å²) >= 11 is 4.28. The lowest BCUT2D eigenvalue weighted by atomic mass is 9.93. The van der Waals surface area contributed by atoms with E-state index in [0.717, 1.165) is 10.5 Å². The Morgan fingerprint density at radius 3 is 2.75 bits per heavy atom. The highest BCUT2D eigenvalue weighted by molar-refractivity contribution is 7.80. The fourth-order valence-electron chi connectivity index (χ4n) is 2.47. The van der Waals surface area contributed by atoms with Crippen molar-refractivity contribution < 1.29 is 14.6 Å². The van der Waals surface area contributed by atoms with Gasteiger partial charge in [0.15, 0.2) is 0 Å². The molecule has 1 saturated heterocycles. The predicted molar refractivity (Wildman–Crippen MR) is 80.4 cm³/mol. The molecule has 1 heterocycles. The lowest BCUT2D eigenvalue weighted by molar-refractivity contribution is -0.0734. The maximum Gasteiger partial charge on any atom is 0.254 e. The average Bonchev–Trinajstić information content (AvgIpc) is 2.41. The Morgan fingerprint density at radius 1 is 1.45 bits per heavy atom. The molecule has 1 N–H and O–H groups in total. The van der Waals surface area contributed by atoms with Gasteiger partial charge in [-0.1, -0.05) is 6.07 Å². The standard InChI is InChI=1S/C15H21NO3S/c1-11-3-4-12(20)9-13(11)14(17)16(2)10-15(18)5-7-19-8-6-15/h3-4,9,18,20H,5-8,10H2,1-2H3. The Balaban J connectivity index is 2.10. The molecule has 4 nitrogen and oxygen atoms in total. The van der Waals surface area contributed by atoms with Crippen molar-refractivity contribution in [1.82, 2.24) is 4.90 Å². The van der Waals surface area contributed by atoms with Crippen LogP contribution in [0.3, 0.4) is 0 Å². The third-order valence-electron chi connectivity index (χ3n) is 3.75. The highest BCUT2D eigenvalue weighted by Gasteiger charge is 2.32. The normalized spacial score (nSPS) is 17.8. The number of likely N-dealkylation sites (N-methyl/N-ethyl adjacent to an activating group) is 1. The van der Waals surface area contributed by atoms with Crippen molar-refractivity contribution in [3.63, 3.8) is 0 Å². The van der Waals surface area contributed by atoms with Gasteiger partial charge in [-0.25, -0.2) is 0 Å². The Morgan fingerprint density at radius 2 is 2.10 bits per heavy atom. The quantitative estimate of drug-likeness (QED) is 0.837. The molecule has 0 unspecified atom stereocenters. The molecule has 2 rings (SSSR count). The lowest BCUT2D eigenvalue weighted by Gasteiger charge is -2.35. The number of hydrogen-bond donors (Lipinski definition) is 2. The zero-order valence-electron chi connectivity index (χ0n) is 11.9. The topological polar surface area (TPSA) is 49.8 Å². The third kappa shape index (κ3) is 3.53. The molecule has 1 aliphatic rings. The molecule has 1 aliphatic heterocycles. The van der Waals surface area contributed by atoms with Crippen LogP contribution in [-0.4, -0.2) is 48.3 Å². The predicted octanol–water partition coefficient (Wildman–Crippen LogP) is 1.90. The number of aliphatic hydroxyl groups is 1. The minimum Gasteiger partial charge on any atom is -0.388 e. The molecule has 0 aromatic heterocycles. The van der Waals surface area contributed by atoms with Crippen LogP contribution in [0.15, 0.2) is 23.1 Å². The van der Waals surface area contributed by atoms with Gasteiger partial charge in [0.05, 0.1) is 5.60 Å². The van der Waals surface area contributed by atoms with Crippen molar-refractivity contribution in [2.75, 3.05) is 26.8 Å². The summed E-state index contributed by atoms with van der Waals surface area (Å²) < 4.78 is 5.25. The number of carbonyl (C=O) groups excluding carboxylic acids is 1. The van der Waals surface area contributed by atoms with E-state index in [1.165, 1.54) is 0 Å². The molecular weight excluding hydrogens is 274 g/mol. The van der Waals surface area contributed by atoms with Gasteiger partial charge in [0.25, 0.3) is 5.91 Å². The SMILES string of the molecule is Cc1ccc(S)cc1C(=O)N(C)CC1(O)CCOCC1. The number of carbonyl (C=O) groups is 1. The van der Waals surface area contributed by atoms with Crippen molar-refractivity contribution in [2.45, 2.75) is 30.3 Å². The highest BCUT2D eigenvalue weighted by atomic mass is 32.1. The van der Waals surface area contributed by atoms with Crippen LogP contribution in [-0.2, 0) is 4.74 Å². The van der Waals surface area contributed by atoms with Crippen molar-refractivity contribution >= 4 is 18.5 Å². The maximum atomic E-state index is 12.5. The van der Waals surface area contributed by atoms with Gasteiger partial charge in [0, 0.05) is 50.1 Å². The number of aryl methyl sites for hydroxylation is 1. The first-order valence-corrected chi connectivity index (χ1v) is 7.21. The van der Waals surface area contributed by atoms with Gasteiger partial charge < -0.3 is 14.7 Å². The van der Waals surface area contributed by atoms with Crippen LogP contribution in [0, 0.1) is 6.92 Å². The first-order valence-electron chi connectivity index (χ1n) is 6.76. The Bertz CT molecular complexity index is 498. The molecule has 0 spiro atoms. The number of hydrogen-bond acceptors (Lipinski definition) is 4. The van der Waals surface area contributed by atoms with Gasteiger partial charge >= 0.3 is 0 Å². The second kappa shape index (κ2) is 6.16. The van der Waals surface area contributed by atoms with E-state index < -0.39 is 5.60 Å². The summed E-state index contributed by atoms with van der Waals surface area (Å²) in [5.41, 5.74) is 0.712. The molecule has 1 aromatic rings. The number of ether oxygens (including phenoxy) is 1. The maximum absolute atomic E-state index is 12.5. The van der Waals surface area contributed by atoms with E-state index in [1.807, 2.05) is 19.1 Å². The van der Waals surface area contributed by atoms with Gasteiger partial charge in [-0.2, -0.15) is 0 Å². The number of benzene rings is 1. The third-order valence-corrected chi connectivity index (χ3v) is 4.03. The molecule has 20 heavy (non-hydrogen) atoms. The van der Waals surface area contributed by atoms with E-state index in [0.29, 0.717) is 38.2 Å². The van der Waals surface area contributed by atoms with Crippen LogP contribution in [0.25, 0.3) is 0 Å². The van der Waals surface area contributed by atoms with Crippen molar-refractivity contribution in [3.8, 4) is 0 Å². The van der Waals surface area contributed by atoms with E-state index in [1.54, 1.807) is 18.0 Å². The zero-order chi connectivity index (χ0) is 14.8. The minimum atomic E-state index is -0.838. The van der Waals surface area contributed by atoms with Crippen LogP contribution < -0.4 is 0 Å². The van der Waals surface area contributed by atoms with Crippen LogP contribution in [0.4, 0.5) is 0 Å². The average molecular weight is 295 g/mol. The van der Waals surface area contributed by atoms with Crippen molar-refractivity contribution in [2.24, 2.45) is 0 Å². The minimum absolute atomic E-state index is 0.0849. The van der Waals surface area contributed by atoms with Gasteiger partial charge in [-0.3, -0.25) is 4.79 Å². The zero-order valence-corrected chi connectivity index (χ0v) is 12.8. The summed E-state index contributed by atoms with van der Waals surface area (Å²) in [5, 5.41) is 10.5. The smallest absolute Gasteiger partial charge is 0.254 e. The van der Waals surface area contributed by atoms with E-state index in [2.05, 4.69) is 12.6 Å². The van der Waals surface area contributed by atoms with Gasteiger partial charge in [0.2, 0.25) is 0 Å². The molecular formula is C15H21NO3S. The molecule has 110 valence electrons. The van der Waals surface area contributed by atoms with Crippen LogP contribution in [0.2, 0.25) is 0 Å². The molecule has 0 bridgehead atoms. The number of amides is 1.